The van der Waals surface area contributed by atoms with E-state index in [1.165, 1.54) is 12.1 Å². The number of H-pyrrole nitrogens is 1. The Labute approximate surface area is 222 Å². The number of carbonyl (C=O) groups excluding carboxylic acids is 1. The maximum atomic E-state index is 15.0. The summed E-state index contributed by atoms with van der Waals surface area (Å²) in [5.74, 6) is 1.01. The molecule has 1 amide bonds. The maximum absolute atomic E-state index is 15.0. The molecule has 0 aliphatic heterocycles. The fraction of sp³-hybridized carbons (Fsp3) is 0.207. The Hall–Kier alpha value is -4.86. The third-order valence-electron chi connectivity index (χ3n) is 6.91. The first-order valence-electron chi connectivity index (χ1n) is 12.7. The lowest BCUT2D eigenvalue weighted by Gasteiger charge is -2.35. The number of aromatic nitrogens is 5. The van der Waals surface area contributed by atoms with E-state index in [-0.39, 0.29) is 23.4 Å². The van der Waals surface area contributed by atoms with Crippen molar-refractivity contribution >= 4 is 16.8 Å². The summed E-state index contributed by atoms with van der Waals surface area (Å²) >= 11 is 0. The molecule has 0 radical (unpaired) electrons. The fourth-order valence-corrected chi connectivity index (χ4v) is 4.96. The molecule has 0 spiro atoms. The highest BCUT2D eigenvalue weighted by Crippen LogP contribution is 2.39. The van der Waals surface area contributed by atoms with E-state index < -0.39 is 5.82 Å². The Balaban J connectivity index is 1.25. The SMILES string of the molecule is CCOc1ccc(-c2nnc([C@H]3C[C@H](NC(=O)c4cccc5[nH]c(=O)ccc45)C3)n2-c2ccccc2F)nc1. The molecule has 1 fully saturated rings. The second-order valence-corrected chi connectivity index (χ2v) is 9.41. The molecule has 0 unspecified atom stereocenters. The number of benzene rings is 2. The van der Waals surface area contributed by atoms with Crippen LogP contribution in [0.1, 0.15) is 41.9 Å². The van der Waals surface area contributed by atoms with E-state index in [0.717, 1.165) is 0 Å². The van der Waals surface area contributed by atoms with Crippen LogP contribution in [0, 0.1) is 5.82 Å². The largest absolute Gasteiger partial charge is 0.492 e. The van der Waals surface area contributed by atoms with Crippen molar-refractivity contribution in [1.82, 2.24) is 30.0 Å². The Kier molecular flexibility index (Phi) is 6.36. The van der Waals surface area contributed by atoms with Crippen molar-refractivity contribution in [2.75, 3.05) is 6.61 Å². The number of ether oxygens (including phenoxy) is 1. The highest BCUT2D eigenvalue weighted by atomic mass is 19.1. The molecule has 2 aromatic carbocycles. The number of carbonyl (C=O) groups is 1. The van der Waals surface area contributed by atoms with Crippen molar-refractivity contribution in [3.8, 4) is 23.0 Å². The lowest BCUT2D eigenvalue weighted by molar-refractivity contribution is 0.0909. The third kappa shape index (κ3) is 4.65. The lowest BCUT2D eigenvalue weighted by atomic mass is 9.79. The molecule has 2 N–H and O–H groups in total. The van der Waals surface area contributed by atoms with Gasteiger partial charge in [0.2, 0.25) is 5.56 Å². The number of hydrogen-bond acceptors (Lipinski definition) is 6. The van der Waals surface area contributed by atoms with Gasteiger partial charge >= 0.3 is 0 Å². The summed E-state index contributed by atoms with van der Waals surface area (Å²) in [7, 11) is 0. The number of pyridine rings is 2. The number of hydrogen-bond donors (Lipinski definition) is 2. The zero-order valence-electron chi connectivity index (χ0n) is 21.1. The van der Waals surface area contributed by atoms with Crippen molar-refractivity contribution in [3.05, 3.63) is 100 Å². The standard InChI is InChI=1S/C29H25FN6O3/c1-2-39-19-10-12-24(31-16-19)28-35-34-27(36(28)25-9-4-3-7-22(25)30)17-14-18(15-17)32-29(38)21-6-5-8-23-20(21)11-13-26(37)33-23/h3-13,16-18H,2,14-15H2,1H3,(H,32,38)(H,33,37)/t17-,18-. The molecule has 3 aromatic heterocycles. The van der Waals surface area contributed by atoms with Crippen LogP contribution in [0.3, 0.4) is 0 Å². The van der Waals surface area contributed by atoms with Crippen LogP contribution >= 0.6 is 0 Å². The zero-order valence-corrected chi connectivity index (χ0v) is 21.1. The van der Waals surface area contributed by atoms with E-state index >= 15 is 0 Å². The number of para-hydroxylation sites is 1. The summed E-state index contributed by atoms with van der Waals surface area (Å²) in [6.07, 6.45) is 2.85. The first-order valence-corrected chi connectivity index (χ1v) is 12.7. The molecule has 1 aliphatic carbocycles. The van der Waals surface area contributed by atoms with Gasteiger partial charge in [0.1, 0.15) is 23.1 Å². The predicted octanol–water partition coefficient (Wildman–Crippen LogP) is 4.38. The number of rotatable bonds is 7. The molecular formula is C29H25FN6O3. The van der Waals surface area contributed by atoms with Crippen LogP contribution in [0.25, 0.3) is 28.1 Å². The molecule has 0 atom stereocenters. The van der Waals surface area contributed by atoms with E-state index in [2.05, 4.69) is 25.5 Å². The molecule has 3 heterocycles. The van der Waals surface area contributed by atoms with Gasteiger partial charge in [0.15, 0.2) is 5.82 Å². The zero-order chi connectivity index (χ0) is 26.9. The number of fused-ring (bicyclic) bond motifs is 1. The van der Waals surface area contributed by atoms with Gasteiger partial charge in [-0.15, -0.1) is 10.2 Å². The normalized spacial score (nSPS) is 16.6. The number of aromatic amines is 1. The molecule has 39 heavy (non-hydrogen) atoms. The van der Waals surface area contributed by atoms with Gasteiger partial charge in [0.25, 0.3) is 5.91 Å². The Morgan fingerprint density at radius 3 is 2.69 bits per heavy atom. The van der Waals surface area contributed by atoms with Crippen molar-refractivity contribution in [2.45, 2.75) is 31.7 Å². The highest BCUT2D eigenvalue weighted by molar-refractivity contribution is 6.06. The summed E-state index contributed by atoms with van der Waals surface area (Å²) in [6, 6.07) is 18.3. The summed E-state index contributed by atoms with van der Waals surface area (Å²) < 4.78 is 22.2. The van der Waals surface area contributed by atoms with Gasteiger partial charge in [-0.3, -0.25) is 14.2 Å². The topological polar surface area (TPSA) is 115 Å². The summed E-state index contributed by atoms with van der Waals surface area (Å²) in [4.78, 5) is 32.0. The van der Waals surface area contributed by atoms with Gasteiger partial charge in [-0.25, -0.2) is 9.37 Å². The molecule has 6 rings (SSSR count). The summed E-state index contributed by atoms with van der Waals surface area (Å²) in [6.45, 7) is 2.42. The van der Waals surface area contributed by atoms with Crippen LogP contribution in [0.2, 0.25) is 0 Å². The van der Waals surface area contributed by atoms with Crippen molar-refractivity contribution in [3.63, 3.8) is 0 Å². The number of nitrogens with one attached hydrogen (secondary N) is 2. The minimum atomic E-state index is -0.399. The minimum Gasteiger partial charge on any atom is -0.492 e. The molecule has 9 nitrogen and oxygen atoms in total. The maximum Gasteiger partial charge on any atom is 0.252 e. The van der Waals surface area contributed by atoms with E-state index in [9.17, 15) is 14.0 Å². The predicted molar refractivity (Wildman–Crippen MR) is 144 cm³/mol. The highest BCUT2D eigenvalue weighted by Gasteiger charge is 2.36. The van der Waals surface area contributed by atoms with Crippen molar-refractivity contribution < 1.29 is 13.9 Å². The van der Waals surface area contributed by atoms with Crippen molar-refractivity contribution in [2.24, 2.45) is 0 Å². The molecule has 1 saturated carbocycles. The second-order valence-electron chi connectivity index (χ2n) is 9.41. The summed E-state index contributed by atoms with van der Waals surface area (Å²) in [5.41, 5.74) is 1.75. The molecule has 196 valence electrons. The number of nitrogens with zero attached hydrogens (tertiary/aromatic N) is 4. The quantitative estimate of drug-likeness (QED) is 0.327. The number of halogens is 1. The van der Waals surface area contributed by atoms with Gasteiger partial charge in [-0.05, 0) is 62.2 Å². The third-order valence-corrected chi connectivity index (χ3v) is 6.91. The Morgan fingerprint density at radius 1 is 1.08 bits per heavy atom. The first kappa shape index (κ1) is 24.5. The van der Waals surface area contributed by atoms with Gasteiger partial charge in [-0.2, -0.15) is 0 Å². The molecule has 10 heteroatoms. The van der Waals surface area contributed by atoms with Gasteiger partial charge in [0, 0.05) is 34.5 Å². The van der Waals surface area contributed by atoms with Crippen LogP contribution in [0.5, 0.6) is 5.75 Å². The minimum absolute atomic E-state index is 0.0391. The number of amides is 1. The molecule has 0 saturated heterocycles. The smallest absolute Gasteiger partial charge is 0.252 e. The van der Waals surface area contributed by atoms with Crippen LogP contribution < -0.4 is 15.6 Å². The van der Waals surface area contributed by atoms with Gasteiger partial charge in [-0.1, -0.05) is 18.2 Å². The average molecular weight is 525 g/mol. The second kappa shape index (κ2) is 10.1. The molecule has 1 aliphatic rings. The fourth-order valence-electron chi connectivity index (χ4n) is 4.96. The molecule has 0 bridgehead atoms. The summed E-state index contributed by atoms with van der Waals surface area (Å²) in [5, 5.41) is 12.6. The van der Waals surface area contributed by atoms with Gasteiger partial charge < -0.3 is 15.0 Å². The lowest BCUT2D eigenvalue weighted by Crippen LogP contribution is -2.44. The average Bonchev–Trinajstić information content (AvgIpc) is 3.35. The van der Waals surface area contributed by atoms with E-state index in [1.54, 1.807) is 65.4 Å². The van der Waals surface area contributed by atoms with Crippen LogP contribution in [0.4, 0.5) is 4.39 Å². The van der Waals surface area contributed by atoms with Crippen molar-refractivity contribution in [1.29, 1.82) is 0 Å². The van der Waals surface area contributed by atoms with Gasteiger partial charge in [0.05, 0.1) is 18.5 Å². The van der Waals surface area contributed by atoms with Crippen LogP contribution in [-0.2, 0) is 0 Å². The monoisotopic (exact) mass is 524 g/mol. The first-order chi connectivity index (χ1) is 19.0. The van der Waals surface area contributed by atoms with E-state index in [1.807, 2.05) is 6.92 Å². The Morgan fingerprint density at radius 2 is 1.92 bits per heavy atom. The Bertz CT molecular complexity index is 1720. The molecule has 5 aromatic rings. The van der Waals surface area contributed by atoms with Crippen LogP contribution in [0.15, 0.2) is 77.7 Å². The van der Waals surface area contributed by atoms with Crippen LogP contribution in [-0.4, -0.2) is 43.3 Å². The van der Waals surface area contributed by atoms with E-state index in [4.69, 9.17) is 4.74 Å². The molecular weight excluding hydrogens is 499 g/mol. The van der Waals surface area contributed by atoms with E-state index in [0.29, 0.717) is 64.7 Å².